The van der Waals surface area contributed by atoms with E-state index in [-0.39, 0.29) is 5.56 Å². The van der Waals surface area contributed by atoms with E-state index in [0.29, 0.717) is 17.5 Å². The van der Waals surface area contributed by atoms with Crippen LogP contribution in [0.15, 0.2) is 29.4 Å². The van der Waals surface area contributed by atoms with Gasteiger partial charge < -0.3 is 5.11 Å². The number of aromatic carboxylic acids is 1. The SMILES string of the molecule is CC(C)CC(CC(C)C)=NNc1cccc(C(=O)O)c1. The van der Waals surface area contributed by atoms with Crippen molar-refractivity contribution in [1.82, 2.24) is 0 Å². The van der Waals surface area contributed by atoms with Crippen LogP contribution >= 0.6 is 0 Å². The molecule has 1 rings (SSSR count). The van der Waals surface area contributed by atoms with Crippen molar-refractivity contribution in [2.24, 2.45) is 16.9 Å². The van der Waals surface area contributed by atoms with Gasteiger partial charge in [0.15, 0.2) is 0 Å². The van der Waals surface area contributed by atoms with E-state index in [1.807, 2.05) is 6.07 Å². The molecule has 0 amide bonds. The number of benzene rings is 1. The van der Waals surface area contributed by atoms with Crippen molar-refractivity contribution in [1.29, 1.82) is 0 Å². The Kier molecular flexibility index (Phi) is 6.22. The zero-order chi connectivity index (χ0) is 15.1. The van der Waals surface area contributed by atoms with E-state index in [1.165, 1.54) is 0 Å². The van der Waals surface area contributed by atoms with E-state index in [9.17, 15) is 4.79 Å². The second-order valence-electron chi connectivity index (χ2n) is 5.87. The second kappa shape index (κ2) is 7.68. The summed E-state index contributed by atoms with van der Waals surface area (Å²) in [5, 5.41) is 13.4. The van der Waals surface area contributed by atoms with Gasteiger partial charge in [0.2, 0.25) is 0 Å². The maximum absolute atomic E-state index is 10.9. The molecule has 4 heteroatoms. The van der Waals surface area contributed by atoms with Crippen molar-refractivity contribution in [3.63, 3.8) is 0 Å². The number of nitrogens with one attached hydrogen (secondary N) is 1. The first-order chi connectivity index (χ1) is 9.38. The van der Waals surface area contributed by atoms with Gasteiger partial charge in [-0.15, -0.1) is 0 Å². The molecule has 1 aromatic rings. The normalized spacial score (nSPS) is 10.7. The van der Waals surface area contributed by atoms with Crippen LogP contribution in [0.3, 0.4) is 0 Å². The second-order valence-corrected chi connectivity index (χ2v) is 5.87. The number of hydrogen-bond acceptors (Lipinski definition) is 3. The van der Waals surface area contributed by atoms with Crippen LogP contribution in [0.5, 0.6) is 0 Å². The molecule has 0 aliphatic carbocycles. The van der Waals surface area contributed by atoms with E-state index in [4.69, 9.17) is 5.11 Å². The van der Waals surface area contributed by atoms with Gasteiger partial charge in [-0.2, -0.15) is 5.10 Å². The number of anilines is 1. The summed E-state index contributed by atoms with van der Waals surface area (Å²) in [6.45, 7) is 8.67. The highest BCUT2D eigenvalue weighted by molar-refractivity contribution is 5.89. The zero-order valence-corrected chi connectivity index (χ0v) is 12.7. The molecule has 110 valence electrons. The van der Waals surface area contributed by atoms with Gasteiger partial charge in [-0.3, -0.25) is 5.43 Å². The summed E-state index contributed by atoms with van der Waals surface area (Å²) < 4.78 is 0. The summed E-state index contributed by atoms with van der Waals surface area (Å²) in [4.78, 5) is 10.9. The van der Waals surface area contributed by atoms with Crippen molar-refractivity contribution in [3.8, 4) is 0 Å². The fraction of sp³-hybridized carbons (Fsp3) is 0.500. The van der Waals surface area contributed by atoms with Crippen LogP contribution in [0.4, 0.5) is 5.69 Å². The van der Waals surface area contributed by atoms with E-state index >= 15 is 0 Å². The van der Waals surface area contributed by atoms with Crippen LogP contribution in [0.2, 0.25) is 0 Å². The Morgan fingerprint density at radius 2 is 1.80 bits per heavy atom. The van der Waals surface area contributed by atoms with Crippen LogP contribution in [-0.2, 0) is 0 Å². The van der Waals surface area contributed by atoms with Gasteiger partial charge in [0, 0.05) is 5.71 Å². The van der Waals surface area contributed by atoms with Crippen molar-refractivity contribution in [2.45, 2.75) is 40.5 Å². The minimum absolute atomic E-state index is 0.263. The maximum atomic E-state index is 10.9. The topological polar surface area (TPSA) is 61.7 Å². The summed E-state index contributed by atoms with van der Waals surface area (Å²) in [5.41, 5.74) is 5.06. The number of rotatable bonds is 7. The first-order valence-electron chi connectivity index (χ1n) is 7.03. The van der Waals surface area contributed by atoms with Crippen LogP contribution in [0.1, 0.15) is 50.9 Å². The number of carboxylic acids is 1. The lowest BCUT2D eigenvalue weighted by molar-refractivity contribution is 0.0697. The van der Waals surface area contributed by atoms with E-state index in [2.05, 4.69) is 38.2 Å². The molecule has 0 aliphatic heterocycles. The molecule has 0 aromatic heterocycles. The van der Waals surface area contributed by atoms with Crippen molar-refractivity contribution >= 4 is 17.4 Å². The quantitative estimate of drug-likeness (QED) is 0.578. The van der Waals surface area contributed by atoms with E-state index in [0.717, 1.165) is 18.6 Å². The molecule has 0 bridgehead atoms. The standard InChI is InChI=1S/C16H24N2O2/c1-11(2)8-15(9-12(3)4)18-17-14-7-5-6-13(10-14)16(19)20/h5-7,10-12,17H,8-9H2,1-4H3,(H,19,20). The Hall–Kier alpha value is -1.84. The smallest absolute Gasteiger partial charge is 0.335 e. The fourth-order valence-corrected chi connectivity index (χ4v) is 1.98. The van der Waals surface area contributed by atoms with Gasteiger partial charge in [-0.05, 0) is 42.9 Å². The Balaban J connectivity index is 2.80. The van der Waals surface area contributed by atoms with E-state index < -0.39 is 5.97 Å². The molecule has 2 N–H and O–H groups in total. The lowest BCUT2D eigenvalue weighted by Crippen LogP contribution is -2.09. The Morgan fingerprint density at radius 1 is 1.20 bits per heavy atom. The monoisotopic (exact) mass is 276 g/mol. The maximum Gasteiger partial charge on any atom is 0.335 e. The Labute approximate surface area is 120 Å². The third kappa shape index (κ3) is 5.87. The fourth-order valence-electron chi connectivity index (χ4n) is 1.98. The number of carboxylic acid groups (broad SMARTS) is 1. The van der Waals surface area contributed by atoms with Crippen LogP contribution in [0.25, 0.3) is 0 Å². The molecule has 0 fully saturated rings. The summed E-state index contributed by atoms with van der Waals surface area (Å²) >= 11 is 0. The molecule has 0 spiro atoms. The predicted molar refractivity (Wildman–Crippen MR) is 83.4 cm³/mol. The van der Waals surface area contributed by atoms with Crippen LogP contribution in [0, 0.1) is 11.8 Å². The summed E-state index contributed by atoms with van der Waals surface area (Å²) in [7, 11) is 0. The molecule has 0 saturated heterocycles. The van der Waals surface area contributed by atoms with Gasteiger partial charge in [-0.25, -0.2) is 4.79 Å². The number of hydrogen-bond donors (Lipinski definition) is 2. The Morgan fingerprint density at radius 3 is 2.30 bits per heavy atom. The molecule has 1 aromatic carbocycles. The third-order valence-electron chi connectivity index (χ3n) is 2.74. The molecule has 0 aliphatic rings. The third-order valence-corrected chi connectivity index (χ3v) is 2.74. The van der Waals surface area contributed by atoms with Crippen LogP contribution < -0.4 is 5.43 Å². The lowest BCUT2D eigenvalue weighted by atomic mass is 9.99. The zero-order valence-electron chi connectivity index (χ0n) is 12.7. The summed E-state index contributed by atoms with van der Waals surface area (Å²) in [6, 6.07) is 6.69. The summed E-state index contributed by atoms with van der Waals surface area (Å²) in [6.07, 6.45) is 1.90. The number of carbonyl (C=O) groups is 1. The highest BCUT2D eigenvalue weighted by Crippen LogP contribution is 2.14. The van der Waals surface area contributed by atoms with Crippen molar-refractivity contribution in [2.75, 3.05) is 5.43 Å². The molecule has 0 atom stereocenters. The Bertz CT molecular complexity index is 467. The van der Waals surface area contributed by atoms with Crippen molar-refractivity contribution < 1.29 is 9.90 Å². The minimum Gasteiger partial charge on any atom is -0.478 e. The molecular formula is C16H24N2O2. The molecule has 20 heavy (non-hydrogen) atoms. The number of hydrazone groups is 1. The molecular weight excluding hydrogens is 252 g/mol. The molecule has 0 heterocycles. The van der Waals surface area contributed by atoms with Gasteiger partial charge in [-0.1, -0.05) is 33.8 Å². The average Bonchev–Trinajstić information content (AvgIpc) is 2.35. The minimum atomic E-state index is -0.929. The highest BCUT2D eigenvalue weighted by atomic mass is 16.4. The molecule has 4 nitrogen and oxygen atoms in total. The largest absolute Gasteiger partial charge is 0.478 e. The van der Waals surface area contributed by atoms with Gasteiger partial charge >= 0.3 is 5.97 Å². The first-order valence-corrected chi connectivity index (χ1v) is 7.03. The average molecular weight is 276 g/mol. The van der Waals surface area contributed by atoms with Gasteiger partial charge in [0.05, 0.1) is 11.3 Å². The summed E-state index contributed by atoms with van der Waals surface area (Å²) in [5.74, 6) is 0.182. The lowest BCUT2D eigenvalue weighted by Gasteiger charge is -2.12. The number of nitrogens with zero attached hydrogens (tertiary/aromatic N) is 1. The predicted octanol–water partition coefficient (Wildman–Crippen LogP) is 4.24. The molecule has 0 unspecified atom stereocenters. The van der Waals surface area contributed by atoms with E-state index in [1.54, 1.807) is 18.2 Å². The van der Waals surface area contributed by atoms with Crippen LogP contribution in [-0.4, -0.2) is 16.8 Å². The van der Waals surface area contributed by atoms with Gasteiger partial charge in [0.1, 0.15) is 0 Å². The highest BCUT2D eigenvalue weighted by Gasteiger charge is 2.07. The van der Waals surface area contributed by atoms with Gasteiger partial charge in [0.25, 0.3) is 0 Å². The molecule has 0 saturated carbocycles. The first kappa shape index (κ1) is 16.2. The van der Waals surface area contributed by atoms with Crippen molar-refractivity contribution in [3.05, 3.63) is 29.8 Å². The molecule has 0 radical (unpaired) electrons.